The Morgan fingerprint density at radius 3 is 1.91 bits per heavy atom. The molecular weight excluding hydrogens is 136 g/mol. The number of carbonyl (C=O) groups is 1. The van der Waals surface area contributed by atoms with Crippen LogP contribution in [0.1, 0.15) is 47.5 Å². The Morgan fingerprint density at radius 1 is 1.36 bits per heavy atom. The number of hydrogen-bond acceptors (Lipinski definition) is 1. The Balaban J connectivity index is 4.22. The van der Waals surface area contributed by atoms with E-state index in [-0.39, 0.29) is 11.3 Å². The van der Waals surface area contributed by atoms with Crippen molar-refractivity contribution in [2.45, 2.75) is 47.5 Å². The molecule has 1 heteroatoms. The molecule has 11 heavy (non-hydrogen) atoms. The van der Waals surface area contributed by atoms with E-state index in [0.29, 0.717) is 5.78 Å². The Labute approximate surface area is 70.2 Å². The maximum Gasteiger partial charge on any atom is 0.133 e. The van der Waals surface area contributed by atoms with Gasteiger partial charge in [0, 0.05) is 5.92 Å². The van der Waals surface area contributed by atoms with E-state index in [1.54, 1.807) is 6.92 Å². The van der Waals surface area contributed by atoms with Gasteiger partial charge in [0.25, 0.3) is 0 Å². The molecule has 0 heterocycles. The van der Waals surface area contributed by atoms with E-state index in [4.69, 9.17) is 0 Å². The zero-order valence-corrected chi connectivity index (χ0v) is 8.40. The first-order valence-electron chi connectivity index (χ1n) is 4.40. The van der Waals surface area contributed by atoms with Crippen molar-refractivity contribution in [3.8, 4) is 0 Å². The number of Topliss-reactive ketones (excluding diaryl/α,β-unsaturated/α-hetero) is 1. The highest BCUT2D eigenvalue weighted by molar-refractivity contribution is 5.78. The second-order valence-corrected chi connectivity index (χ2v) is 4.32. The zero-order valence-electron chi connectivity index (χ0n) is 8.40. The van der Waals surface area contributed by atoms with E-state index in [2.05, 4.69) is 27.7 Å². The minimum Gasteiger partial charge on any atom is -0.300 e. The summed E-state index contributed by atoms with van der Waals surface area (Å²) in [6, 6.07) is 0. The molecule has 1 unspecified atom stereocenters. The first kappa shape index (κ1) is 10.7. The third kappa shape index (κ3) is 3.54. The van der Waals surface area contributed by atoms with Gasteiger partial charge in [0.2, 0.25) is 0 Å². The first-order valence-corrected chi connectivity index (χ1v) is 4.40. The molecule has 0 aromatic carbocycles. The van der Waals surface area contributed by atoms with E-state index in [0.717, 1.165) is 12.8 Å². The summed E-state index contributed by atoms with van der Waals surface area (Å²) in [4.78, 5) is 11.2. The van der Waals surface area contributed by atoms with Crippen molar-refractivity contribution in [3.05, 3.63) is 0 Å². The van der Waals surface area contributed by atoms with Crippen molar-refractivity contribution in [2.75, 3.05) is 0 Å². The van der Waals surface area contributed by atoms with Crippen LogP contribution in [0.2, 0.25) is 0 Å². The van der Waals surface area contributed by atoms with Crippen molar-refractivity contribution < 1.29 is 4.79 Å². The van der Waals surface area contributed by atoms with Crippen molar-refractivity contribution in [2.24, 2.45) is 11.3 Å². The Morgan fingerprint density at radius 2 is 1.82 bits per heavy atom. The molecule has 0 saturated carbocycles. The van der Waals surface area contributed by atoms with Crippen LogP contribution in [0.25, 0.3) is 0 Å². The number of hydrogen-bond donors (Lipinski definition) is 0. The van der Waals surface area contributed by atoms with Gasteiger partial charge in [-0.05, 0) is 18.8 Å². The molecule has 0 aromatic heterocycles. The monoisotopic (exact) mass is 156 g/mol. The molecule has 0 rings (SSSR count). The number of ketones is 1. The highest BCUT2D eigenvalue weighted by Crippen LogP contribution is 2.30. The van der Waals surface area contributed by atoms with Crippen molar-refractivity contribution in [1.82, 2.24) is 0 Å². The normalized spacial score (nSPS) is 14.6. The fraction of sp³-hybridized carbons (Fsp3) is 0.900. The molecule has 0 saturated heterocycles. The molecule has 0 fully saturated rings. The fourth-order valence-electron chi connectivity index (χ4n) is 1.53. The number of rotatable bonds is 3. The van der Waals surface area contributed by atoms with E-state index < -0.39 is 0 Å². The molecular formula is C10H20O. The summed E-state index contributed by atoms with van der Waals surface area (Å²) < 4.78 is 0. The molecule has 0 N–H and O–H groups in total. The molecule has 66 valence electrons. The summed E-state index contributed by atoms with van der Waals surface area (Å²) in [7, 11) is 0. The van der Waals surface area contributed by atoms with E-state index in [9.17, 15) is 4.79 Å². The predicted octanol–water partition coefficient (Wildman–Crippen LogP) is 3.04. The fourth-order valence-corrected chi connectivity index (χ4v) is 1.53. The van der Waals surface area contributed by atoms with Crippen LogP contribution in [0.4, 0.5) is 0 Å². The predicted molar refractivity (Wildman–Crippen MR) is 48.5 cm³/mol. The van der Waals surface area contributed by atoms with Crippen LogP contribution in [0.15, 0.2) is 0 Å². The van der Waals surface area contributed by atoms with Crippen molar-refractivity contribution in [1.29, 1.82) is 0 Å². The summed E-state index contributed by atoms with van der Waals surface area (Å²) in [6.07, 6.45) is 2.13. The number of carbonyl (C=O) groups excluding carboxylic acids is 1. The Kier molecular flexibility index (Phi) is 3.77. The van der Waals surface area contributed by atoms with Crippen LogP contribution in [0.5, 0.6) is 0 Å². The van der Waals surface area contributed by atoms with Crippen LogP contribution in [-0.4, -0.2) is 5.78 Å². The van der Waals surface area contributed by atoms with Crippen LogP contribution < -0.4 is 0 Å². The van der Waals surface area contributed by atoms with Gasteiger partial charge in [0.1, 0.15) is 5.78 Å². The van der Waals surface area contributed by atoms with Gasteiger partial charge in [0.15, 0.2) is 0 Å². The average Bonchev–Trinajstić information content (AvgIpc) is 1.79. The van der Waals surface area contributed by atoms with Gasteiger partial charge in [-0.25, -0.2) is 0 Å². The van der Waals surface area contributed by atoms with Crippen LogP contribution >= 0.6 is 0 Å². The highest BCUT2D eigenvalue weighted by Gasteiger charge is 2.27. The SMILES string of the molecule is CCCC(C(C)=O)C(C)(C)C. The quantitative estimate of drug-likeness (QED) is 0.614. The lowest BCUT2D eigenvalue weighted by atomic mass is 9.76. The topological polar surface area (TPSA) is 17.1 Å². The van der Waals surface area contributed by atoms with E-state index in [1.807, 2.05) is 0 Å². The highest BCUT2D eigenvalue weighted by atomic mass is 16.1. The largest absolute Gasteiger partial charge is 0.300 e. The lowest BCUT2D eigenvalue weighted by Gasteiger charge is -2.28. The van der Waals surface area contributed by atoms with Gasteiger partial charge in [-0.1, -0.05) is 34.1 Å². The van der Waals surface area contributed by atoms with E-state index in [1.165, 1.54) is 0 Å². The third-order valence-electron chi connectivity index (χ3n) is 2.11. The summed E-state index contributed by atoms with van der Waals surface area (Å²) in [5.74, 6) is 0.576. The second-order valence-electron chi connectivity index (χ2n) is 4.32. The average molecular weight is 156 g/mol. The Hall–Kier alpha value is -0.330. The molecule has 0 aromatic rings. The van der Waals surface area contributed by atoms with Crippen molar-refractivity contribution >= 4 is 5.78 Å². The first-order chi connectivity index (χ1) is 4.89. The zero-order chi connectivity index (χ0) is 9.07. The molecule has 0 aliphatic rings. The standard InChI is InChI=1S/C10H20O/c1-6-7-9(8(2)11)10(3,4)5/h9H,6-7H2,1-5H3. The van der Waals surface area contributed by atoms with Crippen LogP contribution in [0, 0.1) is 11.3 Å². The van der Waals surface area contributed by atoms with Crippen LogP contribution in [0.3, 0.4) is 0 Å². The minimum atomic E-state index is 0.141. The summed E-state index contributed by atoms with van der Waals surface area (Å²) >= 11 is 0. The van der Waals surface area contributed by atoms with Gasteiger partial charge < -0.3 is 0 Å². The summed E-state index contributed by atoms with van der Waals surface area (Å²) in [5.41, 5.74) is 0.141. The molecule has 0 bridgehead atoms. The smallest absolute Gasteiger partial charge is 0.133 e. The molecule has 1 nitrogen and oxygen atoms in total. The van der Waals surface area contributed by atoms with Crippen LogP contribution in [-0.2, 0) is 4.79 Å². The summed E-state index contributed by atoms with van der Waals surface area (Å²) in [6.45, 7) is 10.2. The third-order valence-corrected chi connectivity index (χ3v) is 2.11. The Bertz CT molecular complexity index is 130. The minimum absolute atomic E-state index is 0.141. The molecule has 0 aliphatic carbocycles. The maximum absolute atomic E-state index is 11.2. The van der Waals surface area contributed by atoms with E-state index >= 15 is 0 Å². The van der Waals surface area contributed by atoms with Gasteiger partial charge in [0.05, 0.1) is 0 Å². The molecule has 0 radical (unpaired) electrons. The van der Waals surface area contributed by atoms with Gasteiger partial charge in [-0.2, -0.15) is 0 Å². The second kappa shape index (κ2) is 3.89. The summed E-state index contributed by atoms with van der Waals surface area (Å²) in [5, 5.41) is 0. The molecule has 0 spiro atoms. The lowest BCUT2D eigenvalue weighted by Crippen LogP contribution is -2.26. The van der Waals surface area contributed by atoms with Gasteiger partial charge in [-0.15, -0.1) is 0 Å². The van der Waals surface area contributed by atoms with Crippen molar-refractivity contribution in [3.63, 3.8) is 0 Å². The molecule has 1 atom stereocenters. The van der Waals surface area contributed by atoms with Gasteiger partial charge >= 0.3 is 0 Å². The van der Waals surface area contributed by atoms with Gasteiger partial charge in [-0.3, -0.25) is 4.79 Å². The lowest BCUT2D eigenvalue weighted by molar-refractivity contribution is -0.124. The molecule has 0 amide bonds. The maximum atomic E-state index is 11.2. The molecule has 0 aliphatic heterocycles.